The molecule has 0 radical (unpaired) electrons. The van der Waals surface area contributed by atoms with Crippen LogP contribution in [0.5, 0.6) is 0 Å². The number of H-pyrrole nitrogens is 1. The smallest absolute Gasteiger partial charge is 0.280 e. The van der Waals surface area contributed by atoms with Gasteiger partial charge in [-0.2, -0.15) is 4.98 Å². The highest BCUT2D eigenvalue weighted by molar-refractivity contribution is 5.94. The number of nitrogens with one attached hydrogen (secondary N) is 3. The van der Waals surface area contributed by atoms with E-state index in [9.17, 15) is 14.4 Å². The van der Waals surface area contributed by atoms with Gasteiger partial charge in [0.05, 0.1) is 18.4 Å². The molecule has 2 aromatic heterocycles. The van der Waals surface area contributed by atoms with Crippen LogP contribution < -0.4 is 21.9 Å². The van der Waals surface area contributed by atoms with Gasteiger partial charge in [-0.05, 0) is 37.6 Å². The Morgan fingerprint density at radius 2 is 2.03 bits per heavy atom. The Labute approximate surface area is 166 Å². The van der Waals surface area contributed by atoms with E-state index in [1.54, 1.807) is 24.3 Å². The van der Waals surface area contributed by atoms with Gasteiger partial charge < -0.3 is 21.2 Å². The number of rotatable bonds is 8. The minimum Gasteiger partial charge on any atom is -0.379 e. The Morgan fingerprint density at radius 1 is 1.28 bits per heavy atom. The van der Waals surface area contributed by atoms with E-state index in [4.69, 9.17) is 5.73 Å². The highest BCUT2D eigenvalue weighted by Gasteiger charge is 2.10. The first-order valence-corrected chi connectivity index (χ1v) is 9.06. The van der Waals surface area contributed by atoms with Crippen LogP contribution in [-0.2, 0) is 11.3 Å². The van der Waals surface area contributed by atoms with Crippen molar-refractivity contribution in [1.82, 2.24) is 25.3 Å². The zero-order valence-corrected chi connectivity index (χ0v) is 15.8. The summed E-state index contributed by atoms with van der Waals surface area (Å²) in [6, 6.07) is 6.87. The number of amides is 1. The van der Waals surface area contributed by atoms with Crippen molar-refractivity contribution >= 4 is 35.0 Å². The Bertz CT molecular complexity index is 1080. The van der Waals surface area contributed by atoms with Crippen LogP contribution in [0.1, 0.15) is 35.8 Å². The Hall–Kier alpha value is -3.82. The summed E-state index contributed by atoms with van der Waals surface area (Å²) in [4.78, 5) is 49.2. The molecule has 2 heterocycles. The van der Waals surface area contributed by atoms with Crippen molar-refractivity contribution < 1.29 is 9.59 Å². The van der Waals surface area contributed by atoms with Gasteiger partial charge >= 0.3 is 0 Å². The monoisotopic (exact) mass is 395 g/mol. The maximum Gasteiger partial charge on any atom is 0.280 e. The number of aldehydes is 1. The largest absolute Gasteiger partial charge is 0.379 e. The fourth-order valence-electron chi connectivity index (χ4n) is 2.69. The summed E-state index contributed by atoms with van der Waals surface area (Å²) in [5.41, 5.74) is 7.21. The number of fused-ring (bicyclic) bond motifs is 1. The summed E-state index contributed by atoms with van der Waals surface area (Å²) in [6.45, 7) is 2.19. The number of hydrogen-bond acceptors (Lipinski definition) is 8. The third-order valence-corrected chi connectivity index (χ3v) is 4.20. The van der Waals surface area contributed by atoms with Crippen molar-refractivity contribution in [2.75, 3.05) is 11.1 Å². The molecule has 0 bridgehead atoms. The first-order valence-electron chi connectivity index (χ1n) is 9.06. The lowest BCUT2D eigenvalue weighted by molar-refractivity contribution is -0.108. The summed E-state index contributed by atoms with van der Waals surface area (Å²) >= 11 is 0. The average molecular weight is 395 g/mol. The summed E-state index contributed by atoms with van der Waals surface area (Å²) in [5, 5.41) is 6.01. The van der Waals surface area contributed by atoms with Crippen molar-refractivity contribution in [3.8, 4) is 0 Å². The van der Waals surface area contributed by atoms with E-state index in [2.05, 4.69) is 30.6 Å². The van der Waals surface area contributed by atoms with E-state index in [-0.39, 0.29) is 29.1 Å². The molecule has 0 aliphatic rings. The van der Waals surface area contributed by atoms with Crippen LogP contribution in [0.4, 0.5) is 11.6 Å². The molecule has 150 valence electrons. The molecule has 29 heavy (non-hydrogen) atoms. The normalized spacial score (nSPS) is 11.8. The van der Waals surface area contributed by atoms with E-state index in [1.807, 2.05) is 6.92 Å². The summed E-state index contributed by atoms with van der Waals surface area (Å²) in [7, 11) is 0. The molecule has 3 rings (SSSR count). The Morgan fingerprint density at radius 3 is 2.76 bits per heavy atom. The molecule has 0 saturated carbocycles. The van der Waals surface area contributed by atoms with Gasteiger partial charge in [0.2, 0.25) is 5.95 Å². The molecule has 0 saturated heterocycles. The van der Waals surface area contributed by atoms with Crippen LogP contribution in [-0.4, -0.2) is 38.2 Å². The van der Waals surface area contributed by atoms with Crippen molar-refractivity contribution in [2.24, 2.45) is 0 Å². The lowest BCUT2D eigenvalue weighted by Gasteiger charge is -2.13. The maximum atomic E-state index is 12.2. The molecule has 3 aromatic rings. The van der Waals surface area contributed by atoms with Crippen LogP contribution >= 0.6 is 0 Å². The molecule has 10 heteroatoms. The second-order valence-electron chi connectivity index (χ2n) is 6.53. The number of carbonyl (C=O) groups is 2. The number of hydrogen-bond donors (Lipinski definition) is 4. The lowest BCUT2D eigenvalue weighted by Crippen LogP contribution is -2.32. The highest BCUT2D eigenvalue weighted by atomic mass is 16.1. The van der Waals surface area contributed by atoms with Gasteiger partial charge in [-0.25, -0.2) is 9.97 Å². The van der Waals surface area contributed by atoms with Gasteiger partial charge in [-0.15, -0.1) is 0 Å². The van der Waals surface area contributed by atoms with Gasteiger partial charge in [0.15, 0.2) is 11.2 Å². The molecular weight excluding hydrogens is 374 g/mol. The van der Waals surface area contributed by atoms with Crippen molar-refractivity contribution in [3.05, 3.63) is 52.1 Å². The summed E-state index contributed by atoms with van der Waals surface area (Å²) in [5.74, 6) is -0.203. The number of nitrogens with zero attached hydrogens (tertiary/aromatic N) is 3. The van der Waals surface area contributed by atoms with Crippen LogP contribution in [0.3, 0.4) is 0 Å². The fraction of sp³-hybridized carbons (Fsp3) is 0.263. The van der Waals surface area contributed by atoms with E-state index in [0.29, 0.717) is 30.6 Å². The zero-order valence-electron chi connectivity index (χ0n) is 15.8. The van der Waals surface area contributed by atoms with Gasteiger partial charge in [0, 0.05) is 23.7 Å². The standard InChI is InChI=1S/C19H21N7O3/c1-11(3-2-8-27)23-17(28)12-4-6-13(7-5-12)21-9-14-10-22-16-15(24-14)18(29)26-19(20)25-16/h4-8,10-11,21H,2-3,9H2,1H3,(H,23,28)(H3,20,22,25,26,29)/t11-/m1/s1. The van der Waals surface area contributed by atoms with Crippen molar-refractivity contribution in [3.63, 3.8) is 0 Å². The fourth-order valence-corrected chi connectivity index (χ4v) is 2.69. The number of aromatic nitrogens is 4. The number of aromatic amines is 1. The third-order valence-electron chi connectivity index (χ3n) is 4.20. The third kappa shape index (κ3) is 5.12. The average Bonchev–Trinajstić information content (AvgIpc) is 2.71. The molecule has 0 unspecified atom stereocenters. The van der Waals surface area contributed by atoms with Gasteiger partial charge in [-0.1, -0.05) is 0 Å². The number of nitrogens with two attached hydrogens (primary N) is 1. The second-order valence-corrected chi connectivity index (χ2v) is 6.53. The van der Waals surface area contributed by atoms with Gasteiger partial charge in [-0.3, -0.25) is 14.6 Å². The van der Waals surface area contributed by atoms with Crippen LogP contribution in [0.15, 0.2) is 35.3 Å². The molecule has 1 amide bonds. The maximum absolute atomic E-state index is 12.2. The van der Waals surface area contributed by atoms with Crippen LogP contribution in [0.2, 0.25) is 0 Å². The van der Waals surface area contributed by atoms with Crippen molar-refractivity contribution in [2.45, 2.75) is 32.4 Å². The Balaban J connectivity index is 1.61. The van der Waals surface area contributed by atoms with Gasteiger partial charge in [0.25, 0.3) is 11.5 Å². The summed E-state index contributed by atoms with van der Waals surface area (Å²) in [6.07, 6.45) is 3.37. The van der Waals surface area contributed by atoms with Crippen LogP contribution in [0.25, 0.3) is 11.2 Å². The SMILES string of the molecule is C[C@H](CCC=O)NC(=O)c1ccc(NCc2cnc3nc(N)[nH]c(=O)c3n2)cc1. The molecule has 10 nitrogen and oxygen atoms in total. The molecule has 0 fully saturated rings. The quantitative estimate of drug-likeness (QED) is 0.412. The molecule has 1 aromatic carbocycles. The van der Waals surface area contributed by atoms with Crippen LogP contribution in [0, 0.1) is 0 Å². The lowest BCUT2D eigenvalue weighted by atomic mass is 10.1. The first kappa shape index (κ1) is 19.9. The van der Waals surface area contributed by atoms with Crippen molar-refractivity contribution in [1.29, 1.82) is 0 Å². The molecular formula is C19H21N7O3. The highest BCUT2D eigenvalue weighted by Crippen LogP contribution is 2.12. The van der Waals surface area contributed by atoms with Gasteiger partial charge in [0.1, 0.15) is 6.29 Å². The molecule has 0 aliphatic carbocycles. The van der Waals surface area contributed by atoms with E-state index in [1.165, 1.54) is 6.20 Å². The topological polar surface area (TPSA) is 156 Å². The predicted molar refractivity (Wildman–Crippen MR) is 108 cm³/mol. The minimum atomic E-state index is -0.445. The molecule has 5 N–H and O–H groups in total. The molecule has 1 atom stereocenters. The number of anilines is 2. The van der Waals surface area contributed by atoms with E-state index >= 15 is 0 Å². The van der Waals surface area contributed by atoms with E-state index in [0.717, 1.165) is 12.0 Å². The minimum absolute atomic E-state index is 0.00932. The Kier molecular flexibility index (Phi) is 6.12. The summed E-state index contributed by atoms with van der Waals surface area (Å²) < 4.78 is 0. The zero-order chi connectivity index (χ0) is 20.8. The first-order chi connectivity index (χ1) is 14.0. The predicted octanol–water partition coefficient (Wildman–Crippen LogP) is 1.00. The number of carbonyl (C=O) groups excluding carboxylic acids is 2. The van der Waals surface area contributed by atoms with E-state index < -0.39 is 5.56 Å². The molecule has 0 spiro atoms. The number of nitrogen functional groups attached to an aromatic ring is 1. The second kappa shape index (κ2) is 8.91. The molecule has 0 aliphatic heterocycles. The number of benzene rings is 1.